The Balaban J connectivity index is 1.76. The zero-order valence-corrected chi connectivity index (χ0v) is 11.8. The third-order valence-corrected chi connectivity index (χ3v) is 4.30. The van der Waals surface area contributed by atoms with Gasteiger partial charge in [-0.2, -0.15) is 0 Å². The van der Waals surface area contributed by atoms with Gasteiger partial charge in [-0.25, -0.2) is 0 Å². The number of carbonyl (C=O) groups excluding carboxylic acids is 1. The molecule has 0 aromatic heterocycles. The molecular formula is C14H26N2O2. The first-order valence-electron chi connectivity index (χ1n) is 7.16. The maximum Gasteiger partial charge on any atom is 0.322 e. The first-order valence-corrected chi connectivity index (χ1v) is 7.16. The average molecular weight is 254 g/mol. The lowest BCUT2D eigenvalue weighted by Gasteiger charge is -2.20. The van der Waals surface area contributed by atoms with Gasteiger partial charge in [0, 0.05) is 25.7 Å². The largest absolute Gasteiger partial charge is 0.468 e. The van der Waals surface area contributed by atoms with Crippen LogP contribution < -0.4 is 5.32 Å². The van der Waals surface area contributed by atoms with Crippen molar-refractivity contribution in [3.63, 3.8) is 0 Å². The second-order valence-electron chi connectivity index (χ2n) is 6.02. The molecule has 4 heteroatoms. The van der Waals surface area contributed by atoms with Gasteiger partial charge in [0.25, 0.3) is 0 Å². The third kappa shape index (κ3) is 3.69. The van der Waals surface area contributed by atoms with Crippen LogP contribution in [0, 0.1) is 11.8 Å². The van der Waals surface area contributed by atoms with E-state index in [9.17, 15) is 4.79 Å². The van der Waals surface area contributed by atoms with Gasteiger partial charge in [0.15, 0.2) is 0 Å². The number of hydrogen-bond donors (Lipinski definition) is 1. The highest BCUT2D eigenvalue weighted by molar-refractivity contribution is 5.75. The normalized spacial score (nSPS) is 30.4. The molecule has 2 fully saturated rings. The summed E-state index contributed by atoms with van der Waals surface area (Å²) in [5, 5.41) is 3.39. The van der Waals surface area contributed by atoms with Crippen molar-refractivity contribution in [1.29, 1.82) is 0 Å². The Morgan fingerprint density at radius 2 is 1.94 bits per heavy atom. The number of methoxy groups -OCH3 is 1. The minimum Gasteiger partial charge on any atom is -0.468 e. The van der Waals surface area contributed by atoms with Crippen LogP contribution in [0.3, 0.4) is 0 Å². The number of ether oxygens (including phenoxy) is 1. The van der Waals surface area contributed by atoms with Crippen LogP contribution in [0.5, 0.6) is 0 Å². The van der Waals surface area contributed by atoms with Gasteiger partial charge in [-0.1, -0.05) is 13.8 Å². The smallest absolute Gasteiger partial charge is 0.322 e. The highest BCUT2D eigenvalue weighted by Crippen LogP contribution is 2.23. The topological polar surface area (TPSA) is 41.6 Å². The fourth-order valence-corrected chi connectivity index (χ4v) is 2.69. The Morgan fingerprint density at radius 3 is 2.44 bits per heavy atom. The first-order chi connectivity index (χ1) is 8.60. The molecule has 1 aliphatic heterocycles. The Morgan fingerprint density at radius 1 is 1.33 bits per heavy atom. The van der Waals surface area contributed by atoms with Crippen molar-refractivity contribution < 1.29 is 9.53 Å². The predicted octanol–water partition coefficient (Wildman–Crippen LogP) is 1.26. The highest BCUT2D eigenvalue weighted by Gasteiger charge is 2.31. The Bertz CT molecular complexity index is 282. The Labute approximate surface area is 110 Å². The van der Waals surface area contributed by atoms with E-state index in [0.29, 0.717) is 6.04 Å². The van der Waals surface area contributed by atoms with E-state index >= 15 is 0 Å². The maximum absolute atomic E-state index is 11.7. The van der Waals surface area contributed by atoms with Crippen molar-refractivity contribution in [1.82, 2.24) is 10.2 Å². The molecule has 1 aliphatic carbocycles. The molecule has 1 heterocycles. The number of carbonyl (C=O) groups is 1. The molecule has 0 aromatic carbocycles. The first kappa shape index (κ1) is 13.8. The molecule has 4 nitrogen and oxygen atoms in total. The van der Waals surface area contributed by atoms with Gasteiger partial charge in [0.05, 0.1) is 7.11 Å². The van der Waals surface area contributed by atoms with Crippen molar-refractivity contribution in [2.24, 2.45) is 11.8 Å². The fraction of sp³-hybridized carbons (Fsp3) is 0.929. The van der Waals surface area contributed by atoms with Crippen molar-refractivity contribution >= 4 is 5.97 Å². The molecule has 1 saturated carbocycles. The lowest BCUT2D eigenvalue weighted by molar-refractivity contribution is -0.143. The van der Waals surface area contributed by atoms with E-state index in [1.165, 1.54) is 33.0 Å². The Kier molecular flexibility index (Phi) is 4.62. The minimum absolute atomic E-state index is 0.109. The molecule has 0 spiro atoms. The van der Waals surface area contributed by atoms with Crippen molar-refractivity contribution in [2.45, 2.75) is 45.2 Å². The van der Waals surface area contributed by atoms with E-state index in [0.717, 1.165) is 24.8 Å². The zero-order valence-electron chi connectivity index (χ0n) is 11.8. The summed E-state index contributed by atoms with van der Waals surface area (Å²) in [6, 6.07) is 0.430. The van der Waals surface area contributed by atoms with Crippen LogP contribution in [0.2, 0.25) is 0 Å². The highest BCUT2D eigenvalue weighted by atomic mass is 16.5. The second-order valence-corrected chi connectivity index (χ2v) is 6.02. The molecule has 0 amide bonds. The van der Waals surface area contributed by atoms with E-state index in [1.54, 1.807) is 0 Å². The van der Waals surface area contributed by atoms with E-state index in [2.05, 4.69) is 24.1 Å². The molecule has 0 bridgehead atoms. The summed E-state index contributed by atoms with van der Waals surface area (Å²) in [7, 11) is 1.48. The number of hydrogen-bond acceptors (Lipinski definition) is 4. The van der Waals surface area contributed by atoms with Crippen LogP contribution in [0.15, 0.2) is 0 Å². The summed E-state index contributed by atoms with van der Waals surface area (Å²) >= 11 is 0. The van der Waals surface area contributed by atoms with Crippen LogP contribution in [0.4, 0.5) is 0 Å². The molecular weight excluding hydrogens is 228 g/mol. The predicted molar refractivity (Wildman–Crippen MR) is 71.3 cm³/mol. The van der Waals surface area contributed by atoms with Crippen LogP contribution in [0.1, 0.15) is 33.1 Å². The molecule has 3 atom stereocenters. The van der Waals surface area contributed by atoms with Crippen molar-refractivity contribution in [3.8, 4) is 0 Å². The van der Waals surface area contributed by atoms with Crippen molar-refractivity contribution in [3.05, 3.63) is 0 Å². The van der Waals surface area contributed by atoms with Gasteiger partial charge in [-0.3, -0.25) is 4.79 Å². The summed E-state index contributed by atoms with van der Waals surface area (Å²) in [5.74, 6) is 1.44. The fourth-order valence-electron chi connectivity index (χ4n) is 2.69. The number of likely N-dealkylation sites (tertiary alicyclic amines) is 1. The number of nitrogens with one attached hydrogen (secondary N) is 1. The summed E-state index contributed by atoms with van der Waals surface area (Å²) in [6.45, 7) is 7.95. The van der Waals surface area contributed by atoms with Crippen LogP contribution in [0.25, 0.3) is 0 Å². The summed E-state index contributed by atoms with van der Waals surface area (Å²) in [5.41, 5.74) is 0. The van der Waals surface area contributed by atoms with Gasteiger partial charge in [0.2, 0.25) is 0 Å². The van der Waals surface area contributed by atoms with Crippen LogP contribution >= 0.6 is 0 Å². The third-order valence-electron chi connectivity index (χ3n) is 4.30. The van der Waals surface area contributed by atoms with E-state index in [-0.39, 0.29) is 12.0 Å². The monoisotopic (exact) mass is 254 g/mol. The molecule has 2 aliphatic rings. The van der Waals surface area contributed by atoms with Gasteiger partial charge < -0.3 is 15.0 Å². The molecule has 2 rings (SSSR count). The van der Waals surface area contributed by atoms with Crippen LogP contribution in [-0.2, 0) is 9.53 Å². The summed E-state index contributed by atoms with van der Waals surface area (Å²) in [6.07, 6.45) is 3.26. The molecule has 18 heavy (non-hydrogen) atoms. The van der Waals surface area contributed by atoms with E-state index in [1.807, 2.05) is 0 Å². The minimum atomic E-state index is -0.117. The average Bonchev–Trinajstić information content (AvgIpc) is 3.11. The SMILES string of the molecule is COC(=O)C(CCN1CC(C)C(C)C1)NC1CC1. The molecule has 0 aromatic rings. The number of nitrogens with zero attached hydrogens (tertiary/aromatic N) is 1. The van der Waals surface area contributed by atoms with Gasteiger partial charge in [-0.15, -0.1) is 0 Å². The molecule has 104 valence electrons. The lowest BCUT2D eigenvalue weighted by atomic mass is 10.0. The molecule has 1 saturated heterocycles. The maximum atomic E-state index is 11.7. The number of rotatable bonds is 6. The zero-order chi connectivity index (χ0) is 13.1. The quantitative estimate of drug-likeness (QED) is 0.725. The second kappa shape index (κ2) is 6.02. The van der Waals surface area contributed by atoms with Gasteiger partial charge in [0.1, 0.15) is 6.04 Å². The standard InChI is InChI=1S/C14H26N2O2/c1-10-8-16(9-11(10)2)7-6-13(14(17)18-3)15-12-4-5-12/h10-13,15H,4-9H2,1-3H3. The van der Waals surface area contributed by atoms with Crippen molar-refractivity contribution in [2.75, 3.05) is 26.7 Å². The van der Waals surface area contributed by atoms with Gasteiger partial charge in [-0.05, 0) is 31.1 Å². The summed E-state index contributed by atoms with van der Waals surface area (Å²) < 4.78 is 4.88. The molecule has 0 radical (unpaired) electrons. The van der Waals surface area contributed by atoms with E-state index in [4.69, 9.17) is 4.74 Å². The number of esters is 1. The lowest BCUT2D eigenvalue weighted by Crippen LogP contribution is -2.41. The summed E-state index contributed by atoms with van der Waals surface area (Å²) in [4.78, 5) is 14.2. The van der Waals surface area contributed by atoms with E-state index < -0.39 is 0 Å². The Hall–Kier alpha value is -0.610. The van der Waals surface area contributed by atoms with Crippen LogP contribution in [-0.4, -0.2) is 49.7 Å². The molecule has 1 N–H and O–H groups in total. The van der Waals surface area contributed by atoms with Gasteiger partial charge >= 0.3 is 5.97 Å². The molecule has 3 unspecified atom stereocenters.